The molecule has 0 aromatic heterocycles. The fourth-order valence-corrected chi connectivity index (χ4v) is 5.55. The number of nitrogens with zero attached hydrogens (tertiary/aromatic N) is 1. The van der Waals surface area contributed by atoms with Crippen molar-refractivity contribution in [1.82, 2.24) is 10.2 Å². The number of amides is 2. The zero-order valence-electron chi connectivity index (χ0n) is 18.4. The molecule has 1 aliphatic carbocycles. The van der Waals surface area contributed by atoms with Gasteiger partial charge in [-0.15, -0.1) is 11.8 Å². The molecule has 3 rings (SSSR count). The van der Waals surface area contributed by atoms with Crippen molar-refractivity contribution >= 4 is 23.6 Å². The predicted octanol–water partition coefficient (Wildman–Crippen LogP) is 4.20. The van der Waals surface area contributed by atoms with Crippen LogP contribution in [0, 0.1) is 6.92 Å². The molecule has 2 atom stereocenters. The summed E-state index contributed by atoms with van der Waals surface area (Å²) < 4.78 is 5.50. The molecule has 1 aromatic rings. The van der Waals surface area contributed by atoms with E-state index in [1.54, 1.807) is 11.8 Å². The molecule has 6 heteroatoms. The molecular formula is C24H34N2O3S. The van der Waals surface area contributed by atoms with E-state index in [1.165, 1.54) is 23.6 Å². The van der Waals surface area contributed by atoms with Gasteiger partial charge in [-0.1, -0.05) is 37.1 Å². The van der Waals surface area contributed by atoms with Crippen molar-refractivity contribution in [1.29, 1.82) is 0 Å². The van der Waals surface area contributed by atoms with Crippen molar-refractivity contribution in [3.8, 4) is 0 Å². The highest BCUT2D eigenvalue weighted by Gasteiger charge is 2.40. The van der Waals surface area contributed by atoms with E-state index in [9.17, 15) is 9.59 Å². The number of benzene rings is 1. The second-order valence-electron chi connectivity index (χ2n) is 8.44. The van der Waals surface area contributed by atoms with E-state index < -0.39 is 0 Å². The first kappa shape index (κ1) is 22.9. The first-order valence-corrected chi connectivity index (χ1v) is 12.0. The monoisotopic (exact) mass is 430 g/mol. The topological polar surface area (TPSA) is 58.6 Å². The van der Waals surface area contributed by atoms with Gasteiger partial charge in [0.2, 0.25) is 5.91 Å². The molecule has 1 saturated carbocycles. The highest BCUT2D eigenvalue weighted by molar-refractivity contribution is 8.04. The zero-order valence-corrected chi connectivity index (χ0v) is 19.2. The number of hydrogen-bond donors (Lipinski definition) is 1. The summed E-state index contributed by atoms with van der Waals surface area (Å²) in [5.74, 6) is -0.204. The van der Waals surface area contributed by atoms with Crippen molar-refractivity contribution in [2.45, 2.75) is 76.8 Å². The van der Waals surface area contributed by atoms with E-state index >= 15 is 0 Å². The van der Waals surface area contributed by atoms with Crippen LogP contribution in [0.5, 0.6) is 0 Å². The molecule has 0 radical (unpaired) electrons. The lowest BCUT2D eigenvalue weighted by Gasteiger charge is -2.44. The Bertz CT molecular complexity index is 777. The van der Waals surface area contributed by atoms with E-state index in [1.807, 2.05) is 30.9 Å². The zero-order chi connectivity index (χ0) is 21.5. The highest BCUT2D eigenvalue weighted by Crippen LogP contribution is 2.42. The predicted molar refractivity (Wildman–Crippen MR) is 122 cm³/mol. The summed E-state index contributed by atoms with van der Waals surface area (Å²) in [6.07, 6.45) is 6.96. The van der Waals surface area contributed by atoms with E-state index in [0.717, 1.165) is 25.7 Å². The van der Waals surface area contributed by atoms with Gasteiger partial charge in [-0.2, -0.15) is 0 Å². The van der Waals surface area contributed by atoms with Gasteiger partial charge in [0, 0.05) is 37.1 Å². The molecular weight excluding hydrogens is 396 g/mol. The van der Waals surface area contributed by atoms with Gasteiger partial charge in [0.05, 0.1) is 11.0 Å². The van der Waals surface area contributed by atoms with E-state index in [2.05, 4.69) is 24.4 Å². The Hall–Kier alpha value is -1.79. The molecule has 1 N–H and O–H groups in total. The van der Waals surface area contributed by atoms with Crippen molar-refractivity contribution < 1.29 is 14.3 Å². The maximum absolute atomic E-state index is 13.3. The Morgan fingerprint density at radius 3 is 2.83 bits per heavy atom. The number of hydrogen-bond acceptors (Lipinski definition) is 4. The Morgan fingerprint density at radius 1 is 1.30 bits per heavy atom. The van der Waals surface area contributed by atoms with Gasteiger partial charge in [-0.3, -0.25) is 9.59 Å². The molecule has 30 heavy (non-hydrogen) atoms. The minimum atomic E-state index is -0.194. The van der Waals surface area contributed by atoms with Crippen LogP contribution in [0.2, 0.25) is 0 Å². The molecule has 2 fully saturated rings. The fourth-order valence-electron chi connectivity index (χ4n) is 4.11. The van der Waals surface area contributed by atoms with Gasteiger partial charge in [-0.05, 0) is 51.2 Å². The second kappa shape index (κ2) is 11.0. The molecule has 5 nitrogen and oxygen atoms in total. The van der Waals surface area contributed by atoms with Crippen LogP contribution < -0.4 is 5.32 Å². The van der Waals surface area contributed by atoms with Gasteiger partial charge < -0.3 is 15.0 Å². The highest BCUT2D eigenvalue weighted by atomic mass is 32.2. The lowest BCUT2D eigenvalue weighted by atomic mass is 9.92. The summed E-state index contributed by atoms with van der Waals surface area (Å²) in [6.45, 7) is 7.86. The number of fused-ring (bicyclic) bond motifs is 1. The van der Waals surface area contributed by atoms with Crippen molar-refractivity contribution in [2.24, 2.45) is 0 Å². The average molecular weight is 431 g/mol. The van der Waals surface area contributed by atoms with Gasteiger partial charge in [-0.25, -0.2) is 0 Å². The van der Waals surface area contributed by atoms with Crippen LogP contribution in [0.3, 0.4) is 0 Å². The van der Waals surface area contributed by atoms with Gasteiger partial charge >= 0.3 is 0 Å². The van der Waals surface area contributed by atoms with Crippen LogP contribution in [0.1, 0.15) is 57.1 Å². The summed E-state index contributed by atoms with van der Waals surface area (Å²) in [4.78, 5) is 28.3. The molecule has 2 unspecified atom stereocenters. The van der Waals surface area contributed by atoms with Crippen LogP contribution in [0.15, 0.2) is 35.2 Å². The molecule has 1 aromatic carbocycles. The quantitative estimate of drug-likeness (QED) is 0.496. The molecule has 0 bridgehead atoms. The maximum atomic E-state index is 13.3. The third-order valence-electron chi connectivity index (χ3n) is 5.75. The lowest BCUT2D eigenvalue weighted by molar-refractivity contribution is -0.130. The van der Waals surface area contributed by atoms with Crippen LogP contribution in [0.25, 0.3) is 0 Å². The lowest BCUT2D eigenvalue weighted by Crippen LogP contribution is -2.51. The molecule has 2 aliphatic rings. The Balaban J connectivity index is 1.67. The fraction of sp³-hybridized carbons (Fsp3) is 0.583. The normalized spacial score (nSPS) is 23.0. The third-order valence-corrected chi connectivity index (χ3v) is 7.15. The number of carbonyl (C=O) groups is 2. The van der Waals surface area contributed by atoms with Crippen molar-refractivity contribution in [2.75, 3.05) is 13.2 Å². The minimum absolute atomic E-state index is 0.00954. The Kier molecular flexibility index (Phi) is 8.40. The number of aryl methyl sites for hydroxylation is 1. The molecule has 164 valence electrons. The summed E-state index contributed by atoms with van der Waals surface area (Å²) in [5, 5.41) is 3.26. The van der Waals surface area contributed by atoms with Crippen molar-refractivity contribution in [3.63, 3.8) is 0 Å². The van der Waals surface area contributed by atoms with Crippen LogP contribution in [-0.2, 0) is 20.9 Å². The van der Waals surface area contributed by atoms with E-state index in [0.29, 0.717) is 29.9 Å². The largest absolute Gasteiger partial charge is 0.379 e. The first-order valence-electron chi connectivity index (χ1n) is 11.1. The van der Waals surface area contributed by atoms with Gasteiger partial charge in [0.1, 0.15) is 0 Å². The molecule has 2 amide bonds. The van der Waals surface area contributed by atoms with Crippen LogP contribution in [-0.4, -0.2) is 47.3 Å². The Labute approximate surface area is 184 Å². The average Bonchev–Trinajstić information content (AvgIpc) is 2.72. The van der Waals surface area contributed by atoms with Crippen molar-refractivity contribution in [3.05, 3.63) is 46.4 Å². The smallest absolute Gasteiger partial charge is 0.261 e. The van der Waals surface area contributed by atoms with E-state index in [-0.39, 0.29) is 24.0 Å². The van der Waals surface area contributed by atoms with Crippen LogP contribution in [0.4, 0.5) is 0 Å². The van der Waals surface area contributed by atoms with E-state index in [4.69, 9.17) is 4.74 Å². The number of nitrogens with one attached hydrogen (secondary N) is 1. The molecule has 0 spiro atoms. The standard InChI is InChI=1S/C24H34N2O3S/c1-17(2)29-14-8-13-25-23(27)15-22-24(28)26(16-19-10-5-4-9-18(19)3)20-11-6-7-12-21(20)30-22/h4-5,9-10,15,17,20-21H,6-8,11-14,16H2,1-3H3,(H,25,27)/b22-15-. The summed E-state index contributed by atoms with van der Waals surface area (Å²) >= 11 is 1.60. The third kappa shape index (κ3) is 6.11. The molecule has 1 aliphatic heterocycles. The maximum Gasteiger partial charge on any atom is 0.261 e. The number of rotatable bonds is 8. The van der Waals surface area contributed by atoms with Gasteiger partial charge in [0.25, 0.3) is 5.91 Å². The summed E-state index contributed by atoms with van der Waals surface area (Å²) in [7, 11) is 0. The van der Waals surface area contributed by atoms with Crippen LogP contribution >= 0.6 is 11.8 Å². The number of ether oxygens (including phenoxy) is 1. The summed E-state index contributed by atoms with van der Waals surface area (Å²) in [6, 6.07) is 8.49. The SMILES string of the molecule is Cc1ccccc1CN1C(=O)/C(=C/C(=O)NCCCOC(C)C)SC2CCCCC21. The molecule has 1 heterocycles. The summed E-state index contributed by atoms with van der Waals surface area (Å²) in [5.41, 5.74) is 2.37. The van der Waals surface area contributed by atoms with Gasteiger partial charge in [0.15, 0.2) is 0 Å². The molecule has 1 saturated heterocycles. The number of thioether (sulfide) groups is 1. The minimum Gasteiger partial charge on any atom is -0.379 e. The second-order valence-corrected chi connectivity index (χ2v) is 9.72. The Morgan fingerprint density at radius 2 is 2.07 bits per heavy atom. The first-order chi connectivity index (χ1) is 14.5. The number of carbonyl (C=O) groups excluding carboxylic acids is 2.